The van der Waals surface area contributed by atoms with Crippen molar-refractivity contribution in [2.24, 2.45) is 0 Å². The molecule has 1 amide bonds. The van der Waals surface area contributed by atoms with Gasteiger partial charge >= 0.3 is 0 Å². The molecule has 1 aliphatic rings. The fourth-order valence-electron chi connectivity index (χ4n) is 3.12. The third-order valence-electron chi connectivity index (χ3n) is 4.35. The van der Waals surface area contributed by atoms with Crippen molar-refractivity contribution in [1.82, 2.24) is 9.78 Å². The van der Waals surface area contributed by atoms with Crippen LogP contribution in [0.5, 0.6) is 5.75 Å². The van der Waals surface area contributed by atoms with Crippen LogP contribution in [0, 0.1) is 5.82 Å². The number of halogens is 1. The lowest BCUT2D eigenvalue weighted by atomic mass is 10.2. The van der Waals surface area contributed by atoms with Gasteiger partial charge in [-0.1, -0.05) is 18.2 Å². The van der Waals surface area contributed by atoms with Crippen molar-refractivity contribution >= 4 is 11.7 Å². The number of ether oxygens (including phenoxy) is 1. The van der Waals surface area contributed by atoms with Gasteiger partial charge in [0.05, 0.1) is 11.4 Å². The standard InChI is InChI=1S/C20H18FN3O2/c21-14-9-11-16(12-10-14)26-13-19(25)22-20-17-7-4-8-18(17)23-24(20)15-5-2-1-3-6-15/h1-3,5-6,9-12H,4,7-8,13H2,(H,22,25). The Kier molecular flexibility index (Phi) is 4.39. The lowest BCUT2D eigenvalue weighted by Crippen LogP contribution is -2.22. The van der Waals surface area contributed by atoms with Gasteiger partial charge in [0.25, 0.3) is 5.91 Å². The smallest absolute Gasteiger partial charge is 0.263 e. The molecular formula is C20H18FN3O2. The second-order valence-electron chi connectivity index (χ2n) is 6.17. The Balaban J connectivity index is 1.52. The van der Waals surface area contributed by atoms with Crippen LogP contribution in [0.3, 0.4) is 0 Å². The number of nitrogens with one attached hydrogen (secondary N) is 1. The molecule has 1 heterocycles. The highest BCUT2D eigenvalue weighted by Crippen LogP contribution is 2.30. The van der Waals surface area contributed by atoms with E-state index >= 15 is 0 Å². The number of aryl methyl sites for hydroxylation is 1. The molecule has 1 N–H and O–H groups in total. The third-order valence-corrected chi connectivity index (χ3v) is 4.35. The highest BCUT2D eigenvalue weighted by Gasteiger charge is 2.24. The lowest BCUT2D eigenvalue weighted by Gasteiger charge is -2.11. The molecule has 0 saturated carbocycles. The first kappa shape index (κ1) is 16.3. The number of amides is 1. The highest BCUT2D eigenvalue weighted by molar-refractivity contribution is 5.92. The number of nitrogens with zero attached hydrogens (tertiary/aromatic N) is 2. The van der Waals surface area contributed by atoms with Crippen molar-refractivity contribution in [3.63, 3.8) is 0 Å². The monoisotopic (exact) mass is 351 g/mol. The molecule has 0 unspecified atom stereocenters. The molecule has 132 valence electrons. The number of aromatic nitrogens is 2. The topological polar surface area (TPSA) is 56.1 Å². The number of carbonyl (C=O) groups is 1. The number of hydrogen-bond acceptors (Lipinski definition) is 3. The van der Waals surface area contributed by atoms with E-state index in [1.807, 2.05) is 30.3 Å². The van der Waals surface area contributed by atoms with E-state index in [9.17, 15) is 9.18 Å². The first-order valence-electron chi connectivity index (χ1n) is 8.55. The summed E-state index contributed by atoms with van der Waals surface area (Å²) in [6.45, 7) is -0.152. The number of rotatable bonds is 5. The number of benzene rings is 2. The SMILES string of the molecule is O=C(COc1ccc(F)cc1)Nc1c2c(nn1-c1ccccc1)CCC2. The fourth-order valence-corrected chi connectivity index (χ4v) is 3.12. The number of anilines is 1. The molecule has 3 aromatic rings. The number of hydrogen-bond donors (Lipinski definition) is 1. The zero-order valence-corrected chi connectivity index (χ0v) is 14.1. The minimum Gasteiger partial charge on any atom is -0.484 e. The number of fused-ring (bicyclic) bond motifs is 1. The van der Waals surface area contributed by atoms with Gasteiger partial charge in [0.15, 0.2) is 6.61 Å². The van der Waals surface area contributed by atoms with Gasteiger partial charge in [0.1, 0.15) is 17.4 Å². The number of carbonyl (C=O) groups excluding carboxylic acids is 1. The van der Waals surface area contributed by atoms with Gasteiger partial charge in [-0.25, -0.2) is 9.07 Å². The van der Waals surface area contributed by atoms with Crippen molar-refractivity contribution in [2.45, 2.75) is 19.3 Å². The Bertz CT molecular complexity index is 920. The van der Waals surface area contributed by atoms with Crippen LogP contribution in [0.25, 0.3) is 5.69 Å². The highest BCUT2D eigenvalue weighted by atomic mass is 19.1. The maximum atomic E-state index is 12.9. The van der Waals surface area contributed by atoms with E-state index < -0.39 is 0 Å². The van der Waals surface area contributed by atoms with Crippen LogP contribution in [0.2, 0.25) is 0 Å². The van der Waals surface area contributed by atoms with Gasteiger partial charge < -0.3 is 10.1 Å². The third kappa shape index (κ3) is 3.31. The Hall–Kier alpha value is -3.15. The van der Waals surface area contributed by atoms with Gasteiger partial charge in [0, 0.05) is 5.56 Å². The lowest BCUT2D eigenvalue weighted by molar-refractivity contribution is -0.118. The van der Waals surface area contributed by atoms with Crippen molar-refractivity contribution < 1.29 is 13.9 Å². The maximum Gasteiger partial charge on any atom is 0.263 e. The van der Waals surface area contributed by atoms with Gasteiger partial charge in [-0.2, -0.15) is 5.10 Å². The van der Waals surface area contributed by atoms with E-state index in [0.717, 1.165) is 36.2 Å². The van der Waals surface area contributed by atoms with Crippen LogP contribution < -0.4 is 10.1 Å². The molecule has 4 rings (SSSR count). The Labute approximate surface area is 150 Å². The van der Waals surface area contributed by atoms with E-state index in [4.69, 9.17) is 4.74 Å². The van der Waals surface area contributed by atoms with Crippen LogP contribution in [-0.2, 0) is 17.6 Å². The maximum absolute atomic E-state index is 12.9. The average molecular weight is 351 g/mol. The van der Waals surface area contributed by atoms with Gasteiger partial charge in [-0.15, -0.1) is 0 Å². The summed E-state index contributed by atoms with van der Waals surface area (Å²) in [5, 5.41) is 7.59. The minimum absolute atomic E-state index is 0.152. The van der Waals surface area contributed by atoms with E-state index in [-0.39, 0.29) is 18.3 Å². The van der Waals surface area contributed by atoms with Crippen LogP contribution in [0.15, 0.2) is 54.6 Å². The van der Waals surface area contributed by atoms with Crippen molar-refractivity contribution in [2.75, 3.05) is 11.9 Å². The molecule has 0 radical (unpaired) electrons. The first-order valence-corrected chi connectivity index (χ1v) is 8.55. The molecule has 2 aromatic carbocycles. The average Bonchev–Trinajstić information content (AvgIpc) is 3.25. The summed E-state index contributed by atoms with van der Waals surface area (Å²) in [6.07, 6.45) is 2.86. The first-order chi connectivity index (χ1) is 12.7. The molecule has 0 atom stereocenters. The van der Waals surface area contributed by atoms with Crippen molar-refractivity contribution in [3.05, 3.63) is 71.7 Å². The Morgan fingerprint density at radius 3 is 2.65 bits per heavy atom. The van der Waals surface area contributed by atoms with E-state index in [1.54, 1.807) is 4.68 Å². The molecular weight excluding hydrogens is 333 g/mol. The summed E-state index contributed by atoms with van der Waals surface area (Å²) < 4.78 is 20.1. The molecule has 5 nitrogen and oxygen atoms in total. The molecule has 0 saturated heterocycles. The van der Waals surface area contributed by atoms with Crippen LogP contribution in [0.4, 0.5) is 10.2 Å². The molecule has 0 aliphatic heterocycles. The van der Waals surface area contributed by atoms with Gasteiger partial charge in [-0.05, 0) is 55.7 Å². The summed E-state index contributed by atoms with van der Waals surface area (Å²) in [4.78, 5) is 12.4. The second kappa shape index (κ2) is 7.00. The fraction of sp³-hybridized carbons (Fsp3) is 0.200. The largest absolute Gasteiger partial charge is 0.484 e. The zero-order valence-electron chi connectivity index (χ0n) is 14.1. The minimum atomic E-state index is -0.343. The van der Waals surface area contributed by atoms with E-state index in [0.29, 0.717) is 11.6 Å². The summed E-state index contributed by atoms with van der Waals surface area (Å²) >= 11 is 0. The van der Waals surface area contributed by atoms with Crippen LogP contribution in [-0.4, -0.2) is 22.3 Å². The Morgan fingerprint density at radius 2 is 1.88 bits per heavy atom. The zero-order chi connectivity index (χ0) is 17.9. The molecule has 26 heavy (non-hydrogen) atoms. The molecule has 1 aliphatic carbocycles. The van der Waals surface area contributed by atoms with Gasteiger partial charge in [0.2, 0.25) is 0 Å². The summed E-state index contributed by atoms with van der Waals surface area (Å²) in [5.74, 6) is 0.532. The van der Waals surface area contributed by atoms with E-state index in [1.165, 1.54) is 24.3 Å². The number of para-hydroxylation sites is 1. The van der Waals surface area contributed by atoms with Crippen molar-refractivity contribution in [3.8, 4) is 11.4 Å². The molecule has 1 aromatic heterocycles. The van der Waals surface area contributed by atoms with E-state index in [2.05, 4.69) is 10.4 Å². The quantitative estimate of drug-likeness (QED) is 0.765. The Morgan fingerprint density at radius 1 is 1.12 bits per heavy atom. The summed E-state index contributed by atoms with van der Waals surface area (Å²) in [7, 11) is 0. The predicted octanol–water partition coefficient (Wildman–Crippen LogP) is 3.52. The molecule has 0 bridgehead atoms. The van der Waals surface area contributed by atoms with Crippen LogP contribution >= 0.6 is 0 Å². The summed E-state index contributed by atoms with van der Waals surface area (Å²) in [6, 6.07) is 15.3. The molecule has 0 fully saturated rings. The second-order valence-corrected chi connectivity index (χ2v) is 6.17. The predicted molar refractivity (Wildman–Crippen MR) is 96.1 cm³/mol. The molecule has 0 spiro atoms. The van der Waals surface area contributed by atoms with Crippen molar-refractivity contribution in [1.29, 1.82) is 0 Å². The summed E-state index contributed by atoms with van der Waals surface area (Å²) in [5.41, 5.74) is 3.02. The van der Waals surface area contributed by atoms with Crippen LogP contribution in [0.1, 0.15) is 17.7 Å². The van der Waals surface area contributed by atoms with Gasteiger partial charge in [-0.3, -0.25) is 4.79 Å². The normalized spacial score (nSPS) is 12.7. The molecule has 6 heteroatoms.